The summed E-state index contributed by atoms with van der Waals surface area (Å²) in [6.07, 6.45) is 0. The van der Waals surface area contributed by atoms with E-state index in [1.54, 1.807) is 0 Å². The van der Waals surface area contributed by atoms with Crippen LogP contribution < -0.4 is 10.3 Å². The molecule has 0 bridgehead atoms. The number of carboxylic acids is 1. The van der Waals surface area contributed by atoms with Crippen LogP contribution >= 0.6 is 0 Å². The Kier molecular flexibility index (Phi) is 6.28. The van der Waals surface area contributed by atoms with E-state index in [0.717, 1.165) is 30.3 Å². The minimum atomic E-state index is -4.71. The van der Waals surface area contributed by atoms with Gasteiger partial charge in [-0.3, -0.25) is 13.9 Å². The van der Waals surface area contributed by atoms with Crippen LogP contribution in [0.3, 0.4) is 0 Å². The van der Waals surface area contributed by atoms with Crippen LogP contribution in [0.1, 0.15) is 0 Å². The second kappa shape index (κ2) is 8.66. The standard InChI is InChI=1S/C17H15N5O9S2/c1-18-9-2-7-13(33(29,30)31)12(8-9)19-20-14-15(17(24)25)21-22(16(14)23)10-3-5-11(6-4-10)32(26,27)28/h2-8,14,18H,1H3,(H,24,25)(H,26,27,28)(H,29,30,31). The fourth-order valence-electron chi connectivity index (χ4n) is 2.74. The van der Waals surface area contributed by atoms with E-state index in [9.17, 15) is 36.1 Å². The third-order valence-corrected chi connectivity index (χ3v) is 6.08. The quantitative estimate of drug-likeness (QED) is 0.316. The van der Waals surface area contributed by atoms with Crippen molar-refractivity contribution in [3.05, 3.63) is 42.5 Å². The number of aliphatic carboxylic acids is 1. The molecule has 1 amide bonds. The van der Waals surface area contributed by atoms with Crippen LogP contribution in [0, 0.1) is 0 Å². The number of azo groups is 1. The molecule has 1 aliphatic rings. The zero-order valence-corrected chi connectivity index (χ0v) is 18.1. The molecule has 3 rings (SSSR count). The molecule has 1 atom stereocenters. The highest BCUT2D eigenvalue weighted by atomic mass is 32.2. The Hall–Kier alpha value is -3.73. The van der Waals surface area contributed by atoms with E-state index in [0.29, 0.717) is 10.7 Å². The summed E-state index contributed by atoms with van der Waals surface area (Å²) in [5.41, 5.74) is -0.736. The first-order valence-corrected chi connectivity index (χ1v) is 11.6. The van der Waals surface area contributed by atoms with E-state index in [1.807, 2.05) is 0 Å². The van der Waals surface area contributed by atoms with Gasteiger partial charge in [0.15, 0.2) is 5.71 Å². The van der Waals surface area contributed by atoms with Crippen LogP contribution in [0.15, 0.2) is 67.6 Å². The predicted molar refractivity (Wildman–Crippen MR) is 113 cm³/mol. The van der Waals surface area contributed by atoms with Gasteiger partial charge in [-0.05, 0) is 42.5 Å². The lowest BCUT2D eigenvalue weighted by molar-refractivity contribution is -0.130. The zero-order chi connectivity index (χ0) is 24.6. The minimum Gasteiger partial charge on any atom is -0.477 e. The minimum absolute atomic E-state index is 0.0281. The van der Waals surface area contributed by atoms with E-state index in [-0.39, 0.29) is 11.4 Å². The lowest BCUT2D eigenvalue weighted by Gasteiger charge is -2.12. The van der Waals surface area contributed by atoms with Crippen molar-refractivity contribution in [1.82, 2.24) is 0 Å². The molecule has 0 aliphatic carbocycles. The summed E-state index contributed by atoms with van der Waals surface area (Å²) in [5.74, 6) is -2.59. The first-order chi connectivity index (χ1) is 15.3. The normalized spacial score (nSPS) is 16.8. The fraction of sp³-hybridized carbons (Fsp3) is 0.118. The van der Waals surface area contributed by atoms with E-state index in [2.05, 4.69) is 20.6 Å². The predicted octanol–water partition coefficient (Wildman–Crippen LogP) is 1.16. The Balaban J connectivity index is 2.00. The molecule has 0 saturated carbocycles. The van der Waals surface area contributed by atoms with Crippen molar-refractivity contribution in [3.8, 4) is 0 Å². The van der Waals surface area contributed by atoms with Gasteiger partial charge >= 0.3 is 5.97 Å². The number of carbonyl (C=O) groups excluding carboxylic acids is 1. The van der Waals surface area contributed by atoms with E-state index >= 15 is 0 Å². The van der Waals surface area contributed by atoms with Crippen LogP contribution in [0.4, 0.5) is 17.1 Å². The Morgan fingerprint density at radius 3 is 2.21 bits per heavy atom. The Labute approximate surface area is 186 Å². The highest BCUT2D eigenvalue weighted by Gasteiger charge is 2.41. The summed E-state index contributed by atoms with van der Waals surface area (Å²) in [4.78, 5) is 23.3. The van der Waals surface area contributed by atoms with E-state index < -0.39 is 53.7 Å². The second-order valence-corrected chi connectivity index (χ2v) is 9.25. The van der Waals surface area contributed by atoms with Crippen LogP contribution in [-0.4, -0.2) is 61.7 Å². The van der Waals surface area contributed by atoms with Crippen LogP contribution in [-0.2, 0) is 29.8 Å². The molecular weight excluding hydrogens is 482 g/mol. The second-order valence-electron chi connectivity index (χ2n) is 6.43. The molecule has 1 unspecified atom stereocenters. The summed E-state index contributed by atoms with van der Waals surface area (Å²) >= 11 is 0. The molecular formula is C17H15N5O9S2. The first-order valence-electron chi connectivity index (χ1n) is 8.76. The number of anilines is 2. The largest absolute Gasteiger partial charge is 0.477 e. The van der Waals surface area contributed by atoms with Crippen molar-refractivity contribution in [2.75, 3.05) is 17.4 Å². The fourth-order valence-corrected chi connectivity index (χ4v) is 3.83. The molecule has 1 heterocycles. The maximum Gasteiger partial charge on any atom is 0.355 e. The van der Waals surface area contributed by atoms with Gasteiger partial charge in [-0.2, -0.15) is 37.2 Å². The monoisotopic (exact) mass is 497 g/mol. The molecule has 2 aromatic rings. The summed E-state index contributed by atoms with van der Waals surface area (Å²) in [6, 6.07) is 5.99. The molecule has 0 aromatic heterocycles. The number of hydrogen-bond acceptors (Lipinski definition) is 10. The Morgan fingerprint density at radius 1 is 1.06 bits per heavy atom. The topological polar surface area (TPSA) is 215 Å². The molecule has 1 aliphatic heterocycles. The number of carbonyl (C=O) groups is 2. The van der Waals surface area contributed by atoms with Crippen molar-refractivity contribution in [2.24, 2.45) is 15.3 Å². The highest BCUT2D eigenvalue weighted by Crippen LogP contribution is 2.30. The van der Waals surface area contributed by atoms with Crippen LogP contribution in [0.25, 0.3) is 0 Å². The number of amides is 1. The van der Waals surface area contributed by atoms with Crippen molar-refractivity contribution in [1.29, 1.82) is 0 Å². The lowest BCUT2D eigenvalue weighted by Crippen LogP contribution is -2.33. The molecule has 0 spiro atoms. The van der Waals surface area contributed by atoms with Gasteiger partial charge < -0.3 is 10.4 Å². The maximum atomic E-state index is 12.8. The molecule has 0 radical (unpaired) electrons. The summed E-state index contributed by atoms with van der Waals surface area (Å²) < 4.78 is 64.0. The first kappa shape index (κ1) is 23.9. The Morgan fingerprint density at radius 2 is 1.70 bits per heavy atom. The van der Waals surface area contributed by atoms with E-state index in [1.165, 1.54) is 19.2 Å². The summed E-state index contributed by atoms with van der Waals surface area (Å²) in [7, 11) is -7.67. The lowest BCUT2D eigenvalue weighted by atomic mass is 10.2. The van der Waals surface area contributed by atoms with Crippen LogP contribution in [0.2, 0.25) is 0 Å². The smallest absolute Gasteiger partial charge is 0.355 e. The molecule has 0 fully saturated rings. The number of nitrogens with one attached hydrogen (secondary N) is 1. The van der Waals surface area contributed by atoms with Crippen molar-refractivity contribution in [2.45, 2.75) is 15.8 Å². The molecule has 16 heteroatoms. The average Bonchev–Trinajstić information content (AvgIpc) is 3.07. The number of rotatable bonds is 7. The third-order valence-electron chi connectivity index (χ3n) is 4.31. The van der Waals surface area contributed by atoms with Crippen molar-refractivity contribution >= 4 is 54.9 Å². The zero-order valence-electron chi connectivity index (χ0n) is 16.5. The molecule has 33 heavy (non-hydrogen) atoms. The molecule has 14 nitrogen and oxygen atoms in total. The number of hydrogen-bond donors (Lipinski definition) is 4. The van der Waals surface area contributed by atoms with Gasteiger partial charge in [0.2, 0.25) is 6.04 Å². The van der Waals surface area contributed by atoms with Crippen LogP contribution in [0.5, 0.6) is 0 Å². The van der Waals surface area contributed by atoms with E-state index in [4.69, 9.17) is 4.55 Å². The summed E-state index contributed by atoms with van der Waals surface area (Å²) in [6.45, 7) is 0. The molecule has 4 N–H and O–H groups in total. The third kappa shape index (κ3) is 5.03. The summed E-state index contributed by atoms with van der Waals surface area (Å²) in [5, 5.41) is 23.8. The SMILES string of the molecule is CNc1ccc(S(=O)(=O)O)c(N=NC2C(=O)N(c3ccc(S(=O)(=O)O)cc3)N=C2C(=O)O)c1. The van der Waals surface area contributed by atoms with Gasteiger partial charge in [0.25, 0.3) is 26.1 Å². The van der Waals surface area contributed by atoms with Gasteiger partial charge in [-0.1, -0.05) is 0 Å². The highest BCUT2D eigenvalue weighted by molar-refractivity contribution is 7.86. The molecule has 174 valence electrons. The van der Waals surface area contributed by atoms with Gasteiger partial charge in [0.05, 0.1) is 10.6 Å². The van der Waals surface area contributed by atoms with Crippen molar-refractivity contribution in [3.63, 3.8) is 0 Å². The number of benzene rings is 2. The van der Waals surface area contributed by atoms with Gasteiger partial charge in [0, 0.05) is 12.7 Å². The average molecular weight is 497 g/mol. The number of nitrogens with zero attached hydrogens (tertiary/aromatic N) is 4. The van der Waals surface area contributed by atoms with Gasteiger partial charge in [-0.25, -0.2) is 4.79 Å². The maximum absolute atomic E-state index is 12.8. The number of carboxylic acid groups (broad SMARTS) is 1. The molecule has 2 aromatic carbocycles. The number of hydrazone groups is 1. The van der Waals surface area contributed by atoms with Gasteiger partial charge in [0.1, 0.15) is 10.6 Å². The Bertz CT molecular complexity index is 1400. The molecule has 0 saturated heterocycles. The van der Waals surface area contributed by atoms with Gasteiger partial charge in [-0.15, -0.1) is 0 Å². The van der Waals surface area contributed by atoms with Crippen molar-refractivity contribution < 1.29 is 40.6 Å².